The van der Waals surface area contributed by atoms with E-state index in [2.05, 4.69) is 4.98 Å². The molecule has 0 saturated heterocycles. The molecule has 150 valence electrons. The van der Waals surface area contributed by atoms with Crippen LogP contribution < -0.4 is 4.90 Å². The van der Waals surface area contributed by atoms with Crippen LogP contribution >= 0.6 is 22.9 Å². The topological polar surface area (TPSA) is 63.2 Å². The number of thiazole rings is 1. The number of nitrogens with zero attached hydrogens (tertiary/aromatic N) is 3. The SMILES string of the molecule is CC(=O)c1ccc(C(=O)N(Cc2ccncc2)c2nc3c(C)ccc(Cl)c3s2)cc1. The number of aryl methyl sites for hydroxylation is 1. The second-order valence-corrected chi connectivity index (χ2v) is 8.30. The second-order valence-electron chi connectivity index (χ2n) is 6.92. The average molecular weight is 436 g/mol. The molecule has 2 heterocycles. The maximum absolute atomic E-state index is 13.4. The molecule has 2 aromatic heterocycles. The van der Waals surface area contributed by atoms with Gasteiger partial charge in [0.05, 0.1) is 21.8 Å². The summed E-state index contributed by atoms with van der Waals surface area (Å²) < 4.78 is 0.853. The van der Waals surface area contributed by atoms with Gasteiger partial charge in [-0.25, -0.2) is 4.98 Å². The third-order valence-electron chi connectivity index (χ3n) is 4.79. The average Bonchev–Trinajstić information content (AvgIpc) is 3.21. The van der Waals surface area contributed by atoms with Crippen molar-refractivity contribution in [2.45, 2.75) is 20.4 Å². The lowest BCUT2D eigenvalue weighted by atomic mass is 10.1. The number of halogens is 1. The molecule has 1 amide bonds. The fraction of sp³-hybridized carbons (Fsp3) is 0.130. The first-order chi connectivity index (χ1) is 14.4. The minimum Gasteiger partial charge on any atom is -0.295 e. The fourth-order valence-electron chi connectivity index (χ4n) is 3.11. The van der Waals surface area contributed by atoms with E-state index in [1.165, 1.54) is 18.3 Å². The van der Waals surface area contributed by atoms with Gasteiger partial charge >= 0.3 is 0 Å². The van der Waals surface area contributed by atoms with Crippen molar-refractivity contribution in [2.75, 3.05) is 4.90 Å². The summed E-state index contributed by atoms with van der Waals surface area (Å²) in [4.78, 5) is 35.4. The molecule has 4 rings (SSSR count). The molecule has 5 nitrogen and oxygen atoms in total. The number of carbonyl (C=O) groups excluding carboxylic acids is 2. The van der Waals surface area contributed by atoms with Crippen LogP contribution in [0.15, 0.2) is 60.9 Å². The van der Waals surface area contributed by atoms with Gasteiger partial charge in [-0.05, 0) is 55.3 Å². The summed E-state index contributed by atoms with van der Waals surface area (Å²) in [6.07, 6.45) is 3.39. The third kappa shape index (κ3) is 3.97. The molecule has 0 aliphatic carbocycles. The maximum Gasteiger partial charge on any atom is 0.260 e. The number of anilines is 1. The van der Waals surface area contributed by atoms with E-state index in [0.717, 1.165) is 21.3 Å². The lowest BCUT2D eigenvalue weighted by Crippen LogP contribution is -2.30. The Morgan fingerprint density at radius 3 is 2.30 bits per heavy atom. The van der Waals surface area contributed by atoms with Crippen LogP contribution in [0.3, 0.4) is 0 Å². The monoisotopic (exact) mass is 435 g/mol. The van der Waals surface area contributed by atoms with E-state index in [1.807, 2.05) is 31.2 Å². The van der Waals surface area contributed by atoms with Crippen LogP contribution in [0.4, 0.5) is 5.13 Å². The molecule has 4 aromatic rings. The maximum atomic E-state index is 13.4. The van der Waals surface area contributed by atoms with Gasteiger partial charge in [0.2, 0.25) is 0 Å². The van der Waals surface area contributed by atoms with Gasteiger partial charge in [0.25, 0.3) is 5.91 Å². The number of carbonyl (C=O) groups is 2. The van der Waals surface area contributed by atoms with E-state index in [9.17, 15) is 9.59 Å². The van der Waals surface area contributed by atoms with Crippen molar-refractivity contribution in [1.82, 2.24) is 9.97 Å². The molecule has 0 N–H and O–H groups in total. The number of Topliss-reactive ketones (excluding diaryl/α,β-unsaturated/α-hetero) is 1. The van der Waals surface area contributed by atoms with Crippen molar-refractivity contribution in [1.29, 1.82) is 0 Å². The van der Waals surface area contributed by atoms with Crippen molar-refractivity contribution in [3.8, 4) is 0 Å². The highest BCUT2D eigenvalue weighted by molar-refractivity contribution is 7.23. The molecule has 0 radical (unpaired) electrons. The minimum atomic E-state index is -0.199. The van der Waals surface area contributed by atoms with Crippen LogP contribution in [0.25, 0.3) is 10.2 Å². The number of hydrogen-bond acceptors (Lipinski definition) is 5. The molecular formula is C23H18ClN3O2S. The Labute approximate surface area is 183 Å². The lowest BCUT2D eigenvalue weighted by Gasteiger charge is -2.20. The number of hydrogen-bond donors (Lipinski definition) is 0. The molecule has 7 heteroatoms. The standard InChI is InChI=1S/C23H18ClN3O2S/c1-14-3-8-19(24)21-20(14)26-23(30-21)27(13-16-9-11-25-12-10-16)22(29)18-6-4-17(5-7-18)15(2)28/h3-12H,13H2,1-2H3. The van der Waals surface area contributed by atoms with Gasteiger partial charge in [-0.15, -0.1) is 0 Å². The number of rotatable bonds is 5. The third-order valence-corrected chi connectivity index (χ3v) is 6.33. The first-order valence-corrected chi connectivity index (χ1v) is 10.5. The summed E-state index contributed by atoms with van der Waals surface area (Å²) in [5, 5.41) is 1.18. The highest BCUT2D eigenvalue weighted by atomic mass is 35.5. The minimum absolute atomic E-state index is 0.0427. The van der Waals surface area contributed by atoms with Crippen molar-refractivity contribution in [3.63, 3.8) is 0 Å². The molecule has 30 heavy (non-hydrogen) atoms. The zero-order chi connectivity index (χ0) is 21.3. The molecule has 0 bridgehead atoms. The zero-order valence-electron chi connectivity index (χ0n) is 16.4. The number of ketones is 1. The van der Waals surface area contributed by atoms with E-state index >= 15 is 0 Å². The quantitative estimate of drug-likeness (QED) is 0.377. The Balaban J connectivity index is 1.78. The highest BCUT2D eigenvalue weighted by Gasteiger charge is 2.23. The molecule has 0 aliphatic rings. The largest absolute Gasteiger partial charge is 0.295 e. The molecule has 0 spiro atoms. The van der Waals surface area contributed by atoms with Crippen molar-refractivity contribution in [3.05, 3.63) is 88.2 Å². The van der Waals surface area contributed by atoms with E-state index < -0.39 is 0 Å². The smallest absolute Gasteiger partial charge is 0.260 e. The number of benzene rings is 2. The summed E-state index contributed by atoms with van der Waals surface area (Å²) in [6.45, 7) is 3.81. The molecular weight excluding hydrogens is 418 g/mol. The van der Waals surface area contributed by atoms with Gasteiger partial charge in [0.1, 0.15) is 0 Å². The van der Waals surface area contributed by atoms with Crippen LogP contribution in [0.2, 0.25) is 5.02 Å². The Kier molecular flexibility index (Phi) is 5.61. The molecule has 0 unspecified atom stereocenters. The van der Waals surface area contributed by atoms with Crippen molar-refractivity contribution < 1.29 is 9.59 Å². The Morgan fingerprint density at radius 1 is 1.00 bits per heavy atom. The van der Waals surface area contributed by atoms with Crippen LogP contribution in [-0.2, 0) is 6.54 Å². The number of amides is 1. The molecule has 0 fully saturated rings. The number of aromatic nitrogens is 2. The van der Waals surface area contributed by atoms with E-state index in [1.54, 1.807) is 41.6 Å². The van der Waals surface area contributed by atoms with E-state index in [-0.39, 0.29) is 11.7 Å². The second kappa shape index (κ2) is 8.34. The fourth-order valence-corrected chi connectivity index (χ4v) is 4.42. The van der Waals surface area contributed by atoms with Gasteiger partial charge in [-0.2, -0.15) is 0 Å². The molecule has 2 aromatic carbocycles. The first-order valence-electron chi connectivity index (χ1n) is 9.31. The van der Waals surface area contributed by atoms with E-state index in [0.29, 0.717) is 27.8 Å². The van der Waals surface area contributed by atoms with Crippen LogP contribution in [-0.4, -0.2) is 21.7 Å². The molecule has 0 aliphatic heterocycles. The highest BCUT2D eigenvalue weighted by Crippen LogP contribution is 2.36. The van der Waals surface area contributed by atoms with Crippen LogP contribution in [0, 0.1) is 6.92 Å². The van der Waals surface area contributed by atoms with Crippen LogP contribution in [0.1, 0.15) is 38.8 Å². The molecule has 0 atom stereocenters. The first kappa shape index (κ1) is 20.2. The van der Waals surface area contributed by atoms with Gasteiger partial charge in [0.15, 0.2) is 10.9 Å². The summed E-state index contributed by atoms with van der Waals surface area (Å²) in [7, 11) is 0. The summed E-state index contributed by atoms with van der Waals surface area (Å²) >= 11 is 7.77. The predicted octanol–water partition coefficient (Wildman–Crippen LogP) is 5.70. The lowest BCUT2D eigenvalue weighted by molar-refractivity contribution is 0.0981. The van der Waals surface area contributed by atoms with Crippen LogP contribution in [0.5, 0.6) is 0 Å². The number of pyridine rings is 1. The Hall–Kier alpha value is -3.09. The summed E-state index contributed by atoms with van der Waals surface area (Å²) in [5.41, 5.74) is 3.77. The van der Waals surface area contributed by atoms with E-state index in [4.69, 9.17) is 16.6 Å². The summed E-state index contributed by atoms with van der Waals surface area (Å²) in [5.74, 6) is -0.242. The molecule has 0 saturated carbocycles. The van der Waals surface area contributed by atoms with Crippen molar-refractivity contribution in [2.24, 2.45) is 0 Å². The number of fused-ring (bicyclic) bond motifs is 1. The van der Waals surface area contributed by atoms with Gasteiger partial charge in [0, 0.05) is 23.5 Å². The van der Waals surface area contributed by atoms with Gasteiger partial charge in [-0.1, -0.05) is 41.1 Å². The summed E-state index contributed by atoms with van der Waals surface area (Å²) in [6, 6.07) is 14.2. The predicted molar refractivity (Wildman–Crippen MR) is 121 cm³/mol. The van der Waals surface area contributed by atoms with Gasteiger partial charge < -0.3 is 0 Å². The zero-order valence-corrected chi connectivity index (χ0v) is 18.0. The Bertz CT molecular complexity index is 1200. The normalized spacial score (nSPS) is 10.9. The van der Waals surface area contributed by atoms with Crippen molar-refractivity contribution >= 4 is 50.0 Å². The van der Waals surface area contributed by atoms with Gasteiger partial charge in [-0.3, -0.25) is 19.5 Å². The Morgan fingerprint density at radius 2 is 1.67 bits per heavy atom.